The highest BCUT2D eigenvalue weighted by molar-refractivity contribution is 5.87. The summed E-state index contributed by atoms with van der Waals surface area (Å²) in [5.41, 5.74) is 3.43. The molecule has 0 unspecified atom stereocenters. The van der Waals surface area contributed by atoms with E-state index in [2.05, 4.69) is 31.8 Å². The highest BCUT2D eigenvalue weighted by Gasteiger charge is 2.22. The van der Waals surface area contributed by atoms with Gasteiger partial charge in [0.1, 0.15) is 5.78 Å². The maximum Gasteiger partial charge on any atom is 0.143 e. The summed E-state index contributed by atoms with van der Waals surface area (Å²) in [5.74, 6) is 0.290. The quantitative estimate of drug-likeness (QED) is 0.625. The van der Waals surface area contributed by atoms with Gasteiger partial charge in [0.15, 0.2) is 0 Å². The summed E-state index contributed by atoms with van der Waals surface area (Å²) in [6.45, 7) is 6.48. The number of Topliss-reactive ketones (excluding diaryl/α,β-unsaturated/α-hetero) is 1. The molecular formula is C12H15NO. The maximum absolute atomic E-state index is 11.2. The second kappa shape index (κ2) is 2.91. The summed E-state index contributed by atoms with van der Waals surface area (Å²) in [6.07, 6.45) is 3.00. The predicted octanol–water partition coefficient (Wildman–Crippen LogP) is 2.05. The second-order valence-electron chi connectivity index (χ2n) is 4.97. The van der Waals surface area contributed by atoms with E-state index in [9.17, 15) is 4.79 Å². The lowest BCUT2D eigenvalue weighted by Gasteiger charge is -2.19. The molecule has 0 fully saturated rings. The smallest absolute Gasteiger partial charge is 0.143 e. The maximum atomic E-state index is 11.2. The molecule has 2 rings (SSSR count). The van der Waals surface area contributed by atoms with Gasteiger partial charge in [-0.1, -0.05) is 26.8 Å². The fourth-order valence-electron chi connectivity index (χ4n) is 1.72. The van der Waals surface area contributed by atoms with Crippen LogP contribution < -0.4 is 0 Å². The molecule has 1 heterocycles. The van der Waals surface area contributed by atoms with Crippen molar-refractivity contribution in [3.05, 3.63) is 29.1 Å². The fourth-order valence-corrected chi connectivity index (χ4v) is 1.72. The summed E-state index contributed by atoms with van der Waals surface area (Å²) in [5, 5.41) is 0. The molecule has 0 saturated carbocycles. The van der Waals surface area contributed by atoms with Crippen molar-refractivity contribution in [3.63, 3.8) is 0 Å². The van der Waals surface area contributed by atoms with Crippen LogP contribution in [0.15, 0.2) is 12.3 Å². The number of fused-ring (bicyclic) bond motifs is 1. The van der Waals surface area contributed by atoms with Gasteiger partial charge in [0.25, 0.3) is 0 Å². The van der Waals surface area contributed by atoms with Crippen molar-refractivity contribution in [1.82, 2.24) is 4.98 Å². The molecule has 0 aliphatic heterocycles. The largest absolute Gasteiger partial charge is 0.299 e. The molecule has 2 heteroatoms. The summed E-state index contributed by atoms with van der Waals surface area (Å²) >= 11 is 0. The second-order valence-corrected chi connectivity index (χ2v) is 4.97. The Labute approximate surface area is 84.4 Å². The molecule has 1 aliphatic carbocycles. The Bertz CT molecular complexity index is 388. The number of rotatable bonds is 0. The first-order valence-electron chi connectivity index (χ1n) is 4.97. The minimum absolute atomic E-state index is 0.119. The number of pyridine rings is 1. The van der Waals surface area contributed by atoms with E-state index >= 15 is 0 Å². The third-order valence-corrected chi connectivity index (χ3v) is 2.68. The van der Waals surface area contributed by atoms with Crippen molar-refractivity contribution in [2.75, 3.05) is 0 Å². The van der Waals surface area contributed by atoms with Crippen molar-refractivity contribution in [3.8, 4) is 0 Å². The third-order valence-electron chi connectivity index (χ3n) is 2.68. The predicted molar refractivity (Wildman–Crippen MR) is 55.4 cm³/mol. The number of carbonyl (C=O) groups excluding carboxylic acids is 1. The number of aromatic nitrogens is 1. The van der Waals surface area contributed by atoms with E-state index in [4.69, 9.17) is 0 Å². The topological polar surface area (TPSA) is 30.0 Å². The lowest BCUT2D eigenvalue weighted by molar-refractivity contribution is -0.117. The van der Waals surface area contributed by atoms with Crippen LogP contribution in [0.3, 0.4) is 0 Å². The Balaban J connectivity index is 2.43. The molecule has 14 heavy (non-hydrogen) atoms. The molecule has 0 saturated heterocycles. The average molecular weight is 189 g/mol. The normalized spacial score (nSPS) is 15.8. The Hall–Kier alpha value is -1.18. The highest BCUT2D eigenvalue weighted by Crippen LogP contribution is 2.26. The van der Waals surface area contributed by atoms with Crippen LogP contribution in [0.4, 0.5) is 0 Å². The molecule has 0 radical (unpaired) electrons. The number of nitrogens with zero attached hydrogens (tertiary/aromatic N) is 1. The van der Waals surface area contributed by atoms with Crippen LogP contribution in [0.1, 0.15) is 37.6 Å². The van der Waals surface area contributed by atoms with Crippen LogP contribution in [-0.4, -0.2) is 10.8 Å². The number of hydrogen-bond acceptors (Lipinski definition) is 2. The van der Waals surface area contributed by atoms with Crippen LogP contribution in [0.25, 0.3) is 0 Å². The molecule has 0 spiro atoms. The summed E-state index contributed by atoms with van der Waals surface area (Å²) in [6, 6.07) is 2.13. The molecule has 0 N–H and O–H groups in total. The number of hydrogen-bond donors (Lipinski definition) is 0. The Morgan fingerprint density at radius 3 is 2.64 bits per heavy atom. The minimum atomic E-state index is 0.119. The Kier molecular flexibility index (Phi) is 1.95. The number of carbonyl (C=O) groups is 1. The van der Waals surface area contributed by atoms with Gasteiger partial charge in [-0.25, -0.2) is 0 Å². The molecule has 0 aromatic carbocycles. The van der Waals surface area contributed by atoms with E-state index in [1.54, 1.807) is 0 Å². The van der Waals surface area contributed by atoms with E-state index in [0.29, 0.717) is 18.6 Å². The van der Waals surface area contributed by atoms with Crippen molar-refractivity contribution >= 4 is 5.78 Å². The number of ketones is 1. The van der Waals surface area contributed by atoms with Gasteiger partial charge in [-0.15, -0.1) is 0 Å². The van der Waals surface area contributed by atoms with E-state index in [1.165, 1.54) is 5.56 Å². The first-order chi connectivity index (χ1) is 6.47. The molecule has 1 aliphatic rings. The zero-order chi connectivity index (χ0) is 10.3. The van der Waals surface area contributed by atoms with Gasteiger partial charge in [-0.05, 0) is 16.5 Å². The van der Waals surface area contributed by atoms with Gasteiger partial charge in [-0.3, -0.25) is 9.78 Å². The van der Waals surface area contributed by atoms with E-state index in [0.717, 1.165) is 11.3 Å². The van der Waals surface area contributed by atoms with Crippen LogP contribution in [0.5, 0.6) is 0 Å². The van der Waals surface area contributed by atoms with Gasteiger partial charge >= 0.3 is 0 Å². The van der Waals surface area contributed by atoms with Gasteiger partial charge in [0.05, 0.1) is 5.69 Å². The minimum Gasteiger partial charge on any atom is -0.299 e. The van der Waals surface area contributed by atoms with Gasteiger partial charge in [0.2, 0.25) is 0 Å². The van der Waals surface area contributed by atoms with Crippen molar-refractivity contribution < 1.29 is 4.79 Å². The molecule has 2 nitrogen and oxygen atoms in total. The Morgan fingerprint density at radius 1 is 1.29 bits per heavy atom. The van der Waals surface area contributed by atoms with Gasteiger partial charge in [-0.2, -0.15) is 0 Å². The highest BCUT2D eigenvalue weighted by atomic mass is 16.1. The molecule has 1 aromatic rings. The lowest BCUT2D eigenvalue weighted by atomic mass is 9.87. The van der Waals surface area contributed by atoms with Crippen LogP contribution in [0, 0.1) is 0 Å². The average Bonchev–Trinajstić information content (AvgIpc) is 2.41. The first kappa shape index (κ1) is 9.38. The molecule has 0 amide bonds. The summed E-state index contributed by atoms with van der Waals surface area (Å²) in [7, 11) is 0. The van der Waals surface area contributed by atoms with Crippen LogP contribution >= 0.6 is 0 Å². The van der Waals surface area contributed by atoms with Crippen molar-refractivity contribution in [1.29, 1.82) is 0 Å². The third kappa shape index (κ3) is 1.57. The van der Waals surface area contributed by atoms with Crippen LogP contribution in [0.2, 0.25) is 0 Å². The summed E-state index contributed by atoms with van der Waals surface area (Å²) < 4.78 is 0. The molecule has 1 aromatic heterocycles. The standard InChI is InChI=1S/C12H15NO/c1-12(2,3)9-4-8-5-10(14)6-11(8)13-7-9/h4,7H,5-6H2,1-3H3. The molecule has 74 valence electrons. The van der Waals surface area contributed by atoms with Crippen molar-refractivity contribution in [2.24, 2.45) is 0 Å². The van der Waals surface area contributed by atoms with E-state index in [-0.39, 0.29) is 5.41 Å². The SMILES string of the molecule is CC(C)(C)c1cnc2c(c1)CC(=O)C2. The molecule has 0 atom stereocenters. The van der Waals surface area contributed by atoms with E-state index in [1.807, 2.05) is 6.20 Å². The molecule has 0 bridgehead atoms. The fraction of sp³-hybridized carbons (Fsp3) is 0.500. The Morgan fingerprint density at radius 2 is 2.00 bits per heavy atom. The zero-order valence-electron chi connectivity index (χ0n) is 8.92. The van der Waals surface area contributed by atoms with Crippen LogP contribution in [-0.2, 0) is 23.1 Å². The monoisotopic (exact) mass is 189 g/mol. The summed E-state index contributed by atoms with van der Waals surface area (Å²) in [4.78, 5) is 15.6. The van der Waals surface area contributed by atoms with E-state index < -0.39 is 0 Å². The first-order valence-corrected chi connectivity index (χ1v) is 4.97. The zero-order valence-corrected chi connectivity index (χ0v) is 8.92. The van der Waals surface area contributed by atoms with Crippen molar-refractivity contribution in [2.45, 2.75) is 39.0 Å². The lowest BCUT2D eigenvalue weighted by Crippen LogP contribution is -2.12. The van der Waals surface area contributed by atoms with Gasteiger partial charge < -0.3 is 0 Å². The molecular weight excluding hydrogens is 174 g/mol. The van der Waals surface area contributed by atoms with Gasteiger partial charge in [0, 0.05) is 19.0 Å².